The van der Waals surface area contributed by atoms with Crippen LogP contribution in [-0.4, -0.2) is 12.5 Å². The molecule has 2 aromatic carbocycles. The van der Waals surface area contributed by atoms with Gasteiger partial charge in [-0.15, -0.1) is 12.4 Å². The molecule has 0 saturated carbocycles. The summed E-state index contributed by atoms with van der Waals surface area (Å²) in [6.07, 6.45) is 0. The van der Waals surface area contributed by atoms with Crippen LogP contribution in [0.4, 0.5) is 4.39 Å². The van der Waals surface area contributed by atoms with E-state index in [1.165, 1.54) is 12.1 Å². The number of nitrogens with two attached hydrogens (primary N) is 1. The number of hydrogen-bond acceptors (Lipinski definition) is 2. The lowest BCUT2D eigenvalue weighted by atomic mass is 9.84. The Hall–Kier alpha value is -1.91. The topological polar surface area (TPSA) is 55.1 Å². The van der Waals surface area contributed by atoms with E-state index in [9.17, 15) is 9.18 Å². The average molecular weight is 351 g/mol. The molecule has 0 bridgehead atoms. The fraction of sp³-hybridized carbons (Fsp3) is 0.316. The highest BCUT2D eigenvalue weighted by Crippen LogP contribution is 2.24. The van der Waals surface area contributed by atoms with Crippen LogP contribution in [0.3, 0.4) is 0 Å². The van der Waals surface area contributed by atoms with E-state index in [0.717, 1.165) is 11.1 Å². The van der Waals surface area contributed by atoms with E-state index in [1.54, 1.807) is 13.0 Å². The molecule has 5 heteroatoms. The molecule has 1 amide bonds. The second kappa shape index (κ2) is 7.77. The molecule has 3 N–H and O–H groups in total. The molecule has 130 valence electrons. The number of benzene rings is 2. The minimum atomic E-state index is -1.11. The molecule has 0 aliphatic carbocycles. The van der Waals surface area contributed by atoms with Gasteiger partial charge in [0.15, 0.2) is 0 Å². The van der Waals surface area contributed by atoms with Crippen molar-refractivity contribution in [3.05, 3.63) is 71.5 Å². The van der Waals surface area contributed by atoms with Crippen molar-refractivity contribution in [1.29, 1.82) is 0 Å². The summed E-state index contributed by atoms with van der Waals surface area (Å²) in [6, 6.07) is 15.7. The van der Waals surface area contributed by atoms with Crippen LogP contribution < -0.4 is 11.1 Å². The Balaban J connectivity index is 0.00000288. The van der Waals surface area contributed by atoms with Crippen LogP contribution in [0.2, 0.25) is 0 Å². The molecule has 2 aromatic rings. The minimum absolute atomic E-state index is 0. The first-order valence-corrected chi connectivity index (χ1v) is 7.62. The van der Waals surface area contributed by atoms with Crippen LogP contribution in [0.5, 0.6) is 0 Å². The van der Waals surface area contributed by atoms with Crippen LogP contribution in [0.15, 0.2) is 54.6 Å². The van der Waals surface area contributed by atoms with Gasteiger partial charge < -0.3 is 11.1 Å². The van der Waals surface area contributed by atoms with Crippen molar-refractivity contribution in [3.8, 4) is 0 Å². The molecule has 24 heavy (non-hydrogen) atoms. The van der Waals surface area contributed by atoms with Gasteiger partial charge in [-0.25, -0.2) is 4.39 Å². The van der Waals surface area contributed by atoms with Gasteiger partial charge in [0.2, 0.25) is 5.91 Å². The molecule has 0 aromatic heterocycles. The third-order valence-electron chi connectivity index (χ3n) is 4.14. The van der Waals surface area contributed by atoms with E-state index in [1.807, 2.05) is 50.2 Å². The SMILES string of the molecule is CC(C)(CNC(=O)C(C)(N)c1ccccc1)c1cccc(F)c1.Cl. The van der Waals surface area contributed by atoms with E-state index in [-0.39, 0.29) is 24.1 Å². The number of rotatable bonds is 5. The number of carbonyl (C=O) groups excluding carboxylic acids is 1. The van der Waals surface area contributed by atoms with Gasteiger partial charge in [-0.1, -0.05) is 56.3 Å². The highest BCUT2D eigenvalue weighted by Gasteiger charge is 2.32. The number of nitrogens with one attached hydrogen (secondary N) is 1. The van der Waals surface area contributed by atoms with Gasteiger partial charge in [0, 0.05) is 12.0 Å². The first-order chi connectivity index (χ1) is 10.7. The Kier molecular flexibility index (Phi) is 6.52. The molecule has 0 fully saturated rings. The van der Waals surface area contributed by atoms with E-state index in [4.69, 9.17) is 5.73 Å². The zero-order valence-electron chi connectivity index (χ0n) is 14.2. The average Bonchev–Trinajstić information content (AvgIpc) is 2.53. The second-order valence-corrected chi connectivity index (χ2v) is 6.65. The lowest BCUT2D eigenvalue weighted by molar-refractivity contribution is -0.126. The number of hydrogen-bond donors (Lipinski definition) is 2. The predicted molar refractivity (Wildman–Crippen MR) is 97.7 cm³/mol. The van der Waals surface area contributed by atoms with Crippen molar-refractivity contribution in [3.63, 3.8) is 0 Å². The summed E-state index contributed by atoms with van der Waals surface area (Å²) in [6.45, 7) is 5.97. The van der Waals surface area contributed by atoms with Crippen molar-refractivity contribution in [2.24, 2.45) is 5.73 Å². The molecule has 0 saturated heterocycles. The standard InChI is InChI=1S/C19H23FN2O.ClH/c1-18(2,15-10-7-11-16(20)12-15)13-22-17(23)19(3,21)14-8-5-4-6-9-14;/h4-12H,13,21H2,1-3H3,(H,22,23);1H. The molecule has 2 rings (SSSR count). The second-order valence-electron chi connectivity index (χ2n) is 6.65. The van der Waals surface area contributed by atoms with Gasteiger partial charge in [0.1, 0.15) is 11.4 Å². The Bertz CT molecular complexity index is 687. The fourth-order valence-electron chi connectivity index (χ4n) is 2.41. The zero-order valence-corrected chi connectivity index (χ0v) is 15.0. The lowest BCUT2D eigenvalue weighted by Crippen LogP contribution is -2.51. The molecule has 0 aliphatic rings. The highest BCUT2D eigenvalue weighted by atomic mass is 35.5. The minimum Gasteiger partial charge on any atom is -0.353 e. The molecule has 1 atom stereocenters. The molecule has 3 nitrogen and oxygen atoms in total. The van der Waals surface area contributed by atoms with Gasteiger partial charge >= 0.3 is 0 Å². The highest BCUT2D eigenvalue weighted by molar-refractivity contribution is 5.87. The summed E-state index contributed by atoms with van der Waals surface area (Å²) in [4.78, 5) is 12.5. The van der Waals surface area contributed by atoms with E-state index < -0.39 is 11.0 Å². The van der Waals surface area contributed by atoms with Gasteiger partial charge in [-0.2, -0.15) is 0 Å². The van der Waals surface area contributed by atoms with Crippen LogP contribution in [0.25, 0.3) is 0 Å². The third-order valence-corrected chi connectivity index (χ3v) is 4.14. The molecule has 0 heterocycles. The molecule has 0 spiro atoms. The van der Waals surface area contributed by atoms with Crippen LogP contribution in [-0.2, 0) is 15.7 Å². The maximum Gasteiger partial charge on any atom is 0.244 e. The van der Waals surface area contributed by atoms with Crippen molar-refractivity contribution in [1.82, 2.24) is 5.32 Å². The Morgan fingerprint density at radius 3 is 2.21 bits per heavy atom. The van der Waals surface area contributed by atoms with Crippen LogP contribution in [0.1, 0.15) is 31.9 Å². The molecule has 1 unspecified atom stereocenters. The number of amides is 1. The van der Waals surface area contributed by atoms with Gasteiger partial charge in [-0.3, -0.25) is 4.79 Å². The van der Waals surface area contributed by atoms with Crippen LogP contribution in [0, 0.1) is 5.82 Å². The van der Waals surface area contributed by atoms with Gasteiger partial charge in [0.05, 0.1) is 0 Å². The Morgan fingerprint density at radius 2 is 1.62 bits per heavy atom. The summed E-state index contributed by atoms with van der Waals surface area (Å²) >= 11 is 0. The van der Waals surface area contributed by atoms with Crippen LogP contribution >= 0.6 is 12.4 Å². The Labute approximate surface area is 148 Å². The quantitative estimate of drug-likeness (QED) is 0.866. The van der Waals surface area contributed by atoms with Crippen molar-refractivity contribution < 1.29 is 9.18 Å². The fourth-order valence-corrected chi connectivity index (χ4v) is 2.41. The monoisotopic (exact) mass is 350 g/mol. The summed E-state index contributed by atoms with van der Waals surface area (Å²) < 4.78 is 13.4. The predicted octanol–water partition coefficient (Wildman–Crippen LogP) is 3.52. The van der Waals surface area contributed by atoms with Crippen molar-refractivity contribution in [2.45, 2.75) is 31.7 Å². The largest absolute Gasteiger partial charge is 0.353 e. The third kappa shape index (κ3) is 4.56. The van der Waals surface area contributed by atoms with Crippen molar-refractivity contribution in [2.75, 3.05) is 6.54 Å². The molecule has 0 aliphatic heterocycles. The van der Waals surface area contributed by atoms with Gasteiger partial charge in [0.25, 0.3) is 0 Å². The normalized spacial score (nSPS) is 13.5. The maximum absolute atomic E-state index is 13.4. The summed E-state index contributed by atoms with van der Waals surface area (Å²) in [5, 5.41) is 2.89. The number of carbonyl (C=O) groups is 1. The maximum atomic E-state index is 13.4. The zero-order chi connectivity index (χ0) is 17.1. The van der Waals surface area contributed by atoms with E-state index in [2.05, 4.69) is 5.32 Å². The first kappa shape index (κ1) is 20.1. The molecular weight excluding hydrogens is 327 g/mol. The smallest absolute Gasteiger partial charge is 0.244 e. The van der Waals surface area contributed by atoms with Crippen molar-refractivity contribution >= 4 is 18.3 Å². The summed E-state index contributed by atoms with van der Waals surface area (Å²) in [5.74, 6) is -0.539. The summed E-state index contributed by atoms with van der Waals surface area (Å²) in [5.41, 5.74) is 6.27. The summed E-state index contributed by atoms with van der Waals surface area (Å²) in [7, 11) is 0. The molecular formula is C19H24ClFN2O. The Morgan fingerprint density at radius 1 is 1.04 bits per heavy atom. The molecule has 0 radical (unpaired) electrons. The first-order valence-electron chi connectivity index (χ1n) is 7.62. The van der Waals surface area contributed by atoms with E-state index in [0.29, 0.717) is 6.54 Å². The van der Waals surface area contributed by atoms with Gasteiger partial charge in [-0.05, 0) is 30.2 Å². The number of halogens is 2. The lowest BCUT2D eigenvalue weighted by Gasteiger charge is -2.29. The van der Waals surface area contributed by atoms with E-state index >= 15 is 0 Å².